The van der Waals surface area contributed by atoms with E-state index in [0.717, 1.165) is 21.2 Å². The number of hydrogen-bond acceptors (Lipinski definition) is 1. The molecule has 0 unspecified atom stereocenters. The fourth-order valence-corrected chi connectivity index (χ4v) is 2.03. The molecular weight excluding hydrogens is 152 g/mol. The van der Waals surface area contributed by atoms with Crippen LogP contribution in [0.1, 0.15) is 24.9 Å². The number of aryl methyl sites for hydroxylation is 2. The number of rotatable bonds is 3. The molecule has 0 N–H and O–H groups in total. The van der Waals surface area contributed by atoms with E-state index in [4.69, 9.17) is 0 Å². The van der Waals surface area contributed by atoms with E-state index in [0.29, 0.717) is 0 Å². The molecule has 0 aromatic carbocycles. The third-order valence-corrected chi connectivity index (χ3v) is 3.05. The Bertz CT molecular complexity index is 230. The quantitative estimate of drug-likeness (QED) is 0.626. The van der Waals surface area contributed by atoms with Gasteiger partial charge < -0.3 is 4.23 Å². The minimum absolute atomic E-state index is 0.878. The summed E-state index contributed by atoms with van der Waals surface area (Å²) in [6.07, 6.45) is 3.39. The largest absolute Gasteiger partial charge is 0.363 e. The zero-order valence-corrected chi connectivity index (χ0v) is 8.39. The normalized spacial score (nSPS) is 10.5. The molecule has 2 nitrogen and oxygen atoms in total. The van der Waals surface area contributed by atoms with Crippen molar-refractivity contribution in [3.63, 3.8) is 0 Å². The molecule has 0 aliphatic rings. The summed E-state index contributed by atoms with van der Waals surface area (Å²) in [5, 5.41) is 0. The van der Waals surface area contributed by atoms with Gasteiger partial charge >= 0.3 is 0 Å². The fraction of sp³-hybridized carbons (Fsp3) is 0.625. The van der Waals surface area contributed by atoms with Gasteiger partial charge in [0.05, 0.1) is 11.5 Å². The fourth-order valence-electron chi connectivity index (χ4n) is 1.01. The molecule has 3 heteroatoms. The van der Waals surface area contributed by atoms with Crippen LogP contribution < -0.4 is 0 Å². The molecule has 0 saturated carbocycles. The molecule has 0 bridgehead atoms. The Morgan fingerprint density at radius 2 is 2.27 bits per heavy atom. The van der Waals surface area contributed by atoms with E-state index in [1.807, 2.05) is 6.92 Å². The minimum Gasteiger partial charge on any atom is -0.363 e. The highest BCUT2D eigenvalue weighted by Crippen LogP contribution is 2.00. The van der Waals surface area contributed by atoms with Crippen molar-refractivity contribution in [1.29, 1.82) is 0 Å². The molecule has 11 heavy (non-hydrogen) atoms. The number of hydrogen-bond donors (Lipinski definition) is 0. The molecule has 0 spiro atoms. The summed E-state index contributed by atoms with van der Waals surface area (Å²) in [6, 6.07) is 1.27. The van der Waals surface area contributed by atoms with Gasteiger partial charge in [0, 0.05) is 6.20 Å². The SMILES string of the molecule is CCC[Si]n1cc(C)nc1C. The van der Waals surface area contributed by atoms with E-state index in [-0.39, 0.29) is 0 Å². The first kappa shape index (κ1) is 8.52. The van der Waals surface area contributed by atoms with Gasteiger partial charge in [-0.15, -0.1) is 0 Å². The molecule has 0 atom stereocenters. The second kappa shape index (κ2) is 3.71. The van der Waals surface area contributed by atoms with Crippen molar-refractivity contribution in [3.8, 4) is 0 Å². The Kier molecular flexibility index (Phi) is 2.88. The minimum atomic E-state index is 0.878. The lowest BCUT2D eigenvalue weighted by Crippen LogP contribution is -2.05. The highest BCUT2D eigenvalue weighted by molar-refractivity contribution is 6.33. The summed E-state index contributed by atoms with van der Waals surface area (Å²) in [6.45, 7) is 6.32. The highest BCUT2D eigenvalue weighted by atomic mass is 28.2. The van der Waals surface area contributed by atoms with Crippen molar-refractivity contribution in [3.05, 3.63) is 17.7 Å². The van der Waals surface area contributed by atoms with Crippen LogP contribution in [-0.4, -0.2) is 18.9 Å². The van der Waals surface area contributed by atoms with Crippen LogP contribution >= 0.6 is 0 Å². The predicted octanol–water partition coefficient (Wildman–Crippen LogP) is 1.80. The maximum absolute atomic E-state index is 4.33. The van der Waals surface area contributed by atoms with Gasteiger partial charge in [-0.1, -0.05) is 13.3 Å². The van der Waals surface area contributed by atoms with Crippen LogP contribution in [0.2, 0.25) is 6.04 Å². The van der Waals surface area contributed by atoms with Crippen LogP contribution in [0.25, 0.3) is 0 Å². The lowest BCUT2D eigenvalue weighted by Gasteiger charge is -1.99. The molecule has 0 aliphatic heterocycles. The standard InChI is InChI=1S/C8H14N2Si/c1-4-5-11-10-6-7(2)9-8(10)3/h6H,4-5H2,1-3H3. The zero-order chi connectivity index (χ0) is 8.27. The van der Waals surface area contributed by atoms with E-state index >= 15 is 0 Å². The molecule has 0 saturated heterocycles. The Labute approximate surface area is 70.5 Å². The average Bonchev–Trinajstić information content (AvgIpc) is 2.26. The van der Waals surface area contributed by atoms with Crippen LogP contribution in [0.15, 0.2) is 6.20 Å². The maximum atomic E-state index is 4.33. The highest BCUT2D eigenvalue weighted by Gasteiger charge is 1.99. The van der Waals surface area contributed by atoms with Gasteiger partial charge in [-0.2, -0.15) is 0 Å². The monoisotopic (exact) mass is 166 g/mol. The Balaban J connectivity index is 2.62. The van der Waals surface area contributed by atoms with Gasteiger partial charge in [0.25, 0.3) is 0 Å². The second-order valence-corrected chi connectivity index (χ2v) is 4.01. The summed E-state index contributed by atoms with van der Waals surface area (Å²) in [7, 11) is 0.878. The Hall–Kier alpha value is -0.573. The molecule has 1 aromatic heterocycles. The molecular formula is C8H14N2Si. The molecule has 1 aromatic rings. The third kappa shape index (κ3) is 2.18. The van der Waals surface area contributed by atoms with Crippen LogP contribution in [0, 0.1) is 13.8 Å². The van der Waals surface area contributed by atoms with Crippen molar-refractivity contribution in [2.24, 2.45) is 0 Å². The summed E-state index contributed by atoms with van der Waals surface area (Å²) in [5.41, 5.74) is 1.13. The number of nitrogens with zero attached hydrogens (tertiary/aromatic N) is 2. The van der Waals surface area contributed by atoms with Crippen molar-refractivity contribution in [2.45, 2.75) is 33.2 Å². The first-order chi connectivity index (χ1) is 5.24. The number of aromatic nitrogens is 2. The summed E-state index contributed by atoms with van der Waals surface area (Å²) >= 11 is 0. The van der Waals surface area contributed by atoms with Crippen molar-refractivity contribution < 1.29 is 0 Å². The number of imidazole rings is 1. The van der Waals surface area contributed by atoms with Gasteiger partial charge in [-0.25, -0.2) is 4.98 Å². The van der Waals surface area contributed by atoms with E-state index in [2.05, 4.69) is 29.3 Å². The molecule has 1 heterocycles. The molecule has 2 radical (unpaired) electrons. The molecule has 0 amide bonds. The maximum Gasteiger partial charge on any atom is 0.188 e. The summed E-state index contributed by atoms with van der Waals surface area (Å²) in [5.74, 6) is 1.15. The van der Waals surface area contributed by atoms with Gasteiger partial charge in [0.2, 0.25) is 0 Å². The van der Waals surface area contributed by atoms with E-state index in [9.17, 15) is 0 Å². The summed E-state index contributed by atoms with van der Waals surface area (Å²) < 4.78 is 2.25. The van der Waals surface area contributed by atoms with Crippen LogP contribution in [-0.2, 0) is 0 Å². The van der Waals surface area contributed by atoms with Crippen LogP contribution in [0.4, 0.5) is 0 Å². The first-order valence-electron chi connectivity index (χ1n) is 4.00. The smallest absolute Gasteiger partial charge is 0.188 e. The first-order valence-corrected chi connectivity index (χ1v) is 5.16. The van der Waals surface area contributed by atoms with Crippen molar-refractivity contribution in [2.75, 3.05) is 0 Å². The Morgan fingerprint density at radius 1 is 1.55 bits per heavy atom. The zero-order valence-electron chi connectivity index (χ0n) is 7.39. The molecule has 0 fully saturated rings. The van der Waals surface area contributed by atoms with E-state index < -0.39 is 0 Å². The molecule has 0 aliphatic carbocycles. The third-order valence-electron chi connectivity index (χ3n) is 1.53. The molecule has 1 rings (SSSR count). The van der Waals surface area contributed by atoms with E-state index in [1.165, 1.54) is 12.5 Å². The van der Waals surface area contributed by atoms with E-state index in [1.54, 1.807) is 0 Å². The van der Waals surface area contributed by atoms with Crippen molar-refractivity contribution >= 4 is 9.68 Å². The predicted molar refractivity (Wildman–Crippen MR) is 48.0 cm³/mol. The average molecular weight is 166 g/mol. The van der Waals surface area contributed by atoms with Crippen LogP contribution in [0.3, 0.4) is 0 Å². The molecule has 60 valence electrons. The lowest BCUT2D eigenvalue weighted by atomic mass is 10.6. The van der Waals surface area contributed by atoms with Gasteiger partial charge in [0.1, 0.15) is 0 Å². The topological polar surface area (TPSA) is 17.8 Å². The Morgan fingerprint density at radius 3 is 2.73 bits per heavy atom. The van der Waals surface area contributed by atoms with Gasteiger partial charge in [-0.05, 0) is 19.9 Å². The van der Waals surface area contributed by atoms with Crippen molar-refractivity contribution in [1.82, 2.24) is 9.22 Å². The van der Waals surface area contributed by atoms with Gasteiger partial charge in [0.15, 0.2) is 9.68 Å². The summed E-state index contributed by atoms with van der Waals surface area (Å²) in [4.78, 5) is 4.33. The van der Waals surface area contributed by atoms with Gasteiger partial charge in [-0.3, -0.25) is 0 Å². The lowest BCUT2D eigenvalue weighted by molar-refractivity contribution is 1.01. The van der Waals surface area contributed by atoms with Crippen LogP contribution in [0.5, 0.6) is 0 Å². The second-order valence-electron chi connectivity index (χ2n) is 2.71.